The van der Waals surface area contributed by atoms with Crippen LogP contribution < -0.4 is 10.0 Å². The Morgan fingerprint density at radius 1 is 0.978 bits per heavy atom. The van der Waals surface area contributed by atoms with Crippen molar-refractivity contribution >= 4 is 37.8 Å². The minimum absolute atomic E-state index is 0.0635. The van der Waals surface area contributed by atoms with Crippen molar-refractivity contribution in [1.82, 2.24) is 15.2 Å². The first-order valence-electron chi connectivity index (χ1n) is 14.2. The highest BCUT2D eigenvalue weighted by molar-refractivity contribution is 7.89. The highest BCUT2D eigenvalue weighted by Crippen LogP contribution is 2.49. The minimum Gasteiger partial charge on any atom is -0.438 e. The number of hydrogen-bond acceptors (Lipinski definition) is 10. The van der Waals surface area contributed by atoms with Crippen LogP contribution in [0.25, 0.3) is 22.5 Å². The predicted molar refractivity (Wildman–Crippen MR) is 169 cm³/mol. The summed E-state index contributed by atoms with van der Waals surface area (Å²) in [5.41, 5.74) is 4.72. The van der Waals surface area contributed by atoms with Crippen LogP contribution in [0.1, 0.15) is 41.3 Å². The van der Waals surface area contributed by atoms with Crippen molar-refractivity contribution < 1.29 is 40.4 Å². The normalized spacial score (nSPS) is 14.1. The number of carbonyl (C=O) groups is 2. The molecule has 3 aromatic carbocycles. The largest absolute Gasteiger partial charge is 0.438 e. The third-order valence-electron chi connectivity index (χ3n) is 7.51. The number of nitrogens with zero attached hydrogens (tertiary/aromatic N) is 1. The van der Waals surface area contributed by atoms with Crippen molar-refractivity contribution in [3.63, 3.8) is 0 Å². The molecule has 1 aliphatic rings. The fourth-order valence-corrected chi connectivity index (χ4v) is 5.82. The fraction of sp³-hybridized carbons (Fsp3) is 0.250. The predicted octanol–water partition coefficient (Wildman–Crippen LogP) is 4.05. The molecule has 1 heterocycles. The van der Waals surface area contributed by atoms with Gasteiger partial charge in [0, 0.05) is 5.56 Å². The number of aryl methyl sites for hydroxylation is 1. The van der Waals surface area contributed by atoms with Gasteiger partial charge in [-0.1, -0.05) is 84.0 Å². The van der Waals surface area contributed by atoms with E-state index in [4.69, 9.17) is 14.0 Å². The molecule has 14 heteroatoms. The molecule has 1 atom stereocenters. The van der Waals surface area contributed by atoms with E-state index in [1.54, 1.807) is 6.92 Å². The van der Waals surface area contributed by atoms with E-state index in [-0.39, 0.29) is 13.2 Å². The SMILES string of the molecule is Cc1noc(-c2ccc(-c3ccc(C4(C(=O)NS(C)(=O)=O)CC4)cc3)cc2)c1[C@@H](COCc1ccccc1)OC(=O)NC=S(=O)=O. The number of hydrogen-bond donors (Lipinski definition) is 2. The topological polar surface area (TPSA) is 171 Å². The van der Waals surface area contributed by atoms with Crippen LogP contribution >= 0.6 is 0 Å². The Morgan fingerprint density at radius 2 is 1.59 bits per heavy atom. The first-order chi connectivity index (χ1) is 21.9. The number of nitrogens with one attached hydrogen (secondary N) is 2. The number of benzene rings is 3. The molecule has 4 aromatic rings. The van der Waals surface area contributed by atoms with Gasteiger partial charge in [0.15, 0.2) is 11.9 Å². The molecular formula is C32H31N3O9S2. The zero-order chi connectivity index (χ0) is 32.9. The summed E-state index contributed by atoms with van der Waals surface area (Å²) < 4.78 is 64.1. The number of carbonyl (C=O) groups excluding carboxylic acids is 2. The van der Waals surface area contributed by atoms with Crippen molar-refractivity contribution in [2.24, 2.45) is 0 Å². The van der Waals surface area contributed by atoms with Crippen LogP contribution in [0.15, 0.2) is 83.4 Å². The van der Waals surface area contributed by atoms with E-state index < -0.39 is 43.8 Å². The molecule has 0 radical (unpaired) electrons. The zero-order valence-corrected chi connectivity index (χ0v) is 26.6. The summed E-state index contributed by atoms with van der Waals surface area (Å²) in [4.78, 5) is 25.1. The number of alkyl carbamates (subject to hydrolysis) is 1. The Bertz CT molecular complexity index is 1960. The van der Waals surface area contributed by atoms with E-state index >= 15 is 0 Å². The molecule has 240 valence electrons. The number of sulfonamides is 1. The third kappa shape index (κ3) is 7.88. The molecule has 0 spiro atoms. The van der Waals surface area contributed by atoms with Gasteiger partial charge in [0.05, 0.1) is 36.1 Å². The van der Waals surface area contributed by atoms with Gasteiger partial charge in [-0.2, -0.15) is 8.42 Å². The van der Waals surface area contributed by atoms with Crippen LogP contribution in [0.3, 0.4) is 0 Å². The van der Waals surface area contributed by atoms with Gasteiger partial charge in [-0.25, -0.2) is 13.2 Å². The lowest BCUT2D eigenvalue weighted by molar-refractivity contribution is -0.121. The average molecular weight is 666 g/mol. The second-order valence-corrected chi connectivity index (χ2v) is 13.4. The molecule has 0 bridgehead atoms. The summed E-state index contributed by atoms with van der Waals surface area (Å²) in [5, 5.41) is 6.16. The van der Waals surface area contributed by atoms with Crippen molar-refractivity contribution in [2.75, 3.05) is 12.9 Å². The molecule has 1 saturated carbocycles. The maximum atomic E-state index is 12.6. The Kier molecular flexibility index (Phi) is 9.70. The van der Waals surface area contributed by atoms with Gasteiger partial charge >= 0.3 is 6.09 Å². The van der Waals surface area contributed by atoms with E-state index in [1.807, 2.05) is 78.9 Å². The first-order valence-corrected chi connectivity index (χ1v) is 17.2. The molecule has 1 aromatic heterocycles. The maximum absolute atomic E-state index is 12.6. The van der Waals surface area contributed by atoms with Gasteiger partial charge in [-0.3, -0.25) is 14.8 Å². The number of aromatic nitrogens is 1. The molecule has 1 aliphatic carbocycles. The van der Waals surface area contributed by atoms with Gasteiger partial charge in [0.25, 0.3) is 0 Å². The van der Waals surface area contributed by atoms with Crippen LogP contribution in [0.4, 0.5) is 4.79 Å². The second kappa shape index (κ2) is 13.7. The number of rotatable bonds is 12. The Hall–Kier alpha value is -4.79. The molecule has 2 amide bonds. The van der Waals surface area contributed by atoms with Gasteiger partial charge in [0.2, 0.25) is 26.2 Å². The van der Waals surface area contributed by atoms with Crippen LogP contribution in [-0.4, -0.2) is 52.3 Å². The number of amides is 2. The van der Waals surface area contributed by atoms with Crippen LogP contribution in [0, 0.1) is 6.92 Å². The summed E-state index contributed by atoms with van der Waals surface area (Å²) >= 11 is 0. The molecule has 0 aliphatic heterocycles. The standard InChI is InChI=1S/C32H31N3O9S2/c1-21-28(27(43-31(37)33-20-45(38)39)19-42-18-22-6-4-3-5-7-22)29(44-34-21)25-10-8-23(9-11-25)24-12-14-26(15-13-24)32(16-17-32)30(36)35-46(2,40)41/h3-15,20,27H,16-19H2,1-2H3,(H,33,37)(H,35,36)/t27-/m1/s1. The quantitative estimate of drug-likeness (QED) is 0.211. The Balaban J connectivity index is 1.36. The van der Waals surface area contributed by atoms with Crippen LogP contribution in [-0.2, 0) is 46.6 Å². The molecule has 1 fully saturated rings. The van der Waals surface area contributed by atoms with Crippen LogP contribution in [0.5, 0.6) is 0 Å². The van der Waals surface area contributed by atoms with E-state index in [1.165, 1.54) is 0 Å². The Labute approximate surface area is 267 Å². The summed E-state index contributed by atoms with van der Waals surface area (Å²) in [5.74, 6) is -0.168. The molecule has 0 saturated heterocycles. The van der Waals surface area contributed by atoms with E-state index in [9.17, 15) is 26.4 Å². The summed E-state index contributed by atoms with van der Waals surface area (Å²) in [7, 11) is -6.28. The molecule has 46 heavy (non-hydrogen) atoms. The van der Waals surface area contributed by atoms with Gasteiger partial charge in [0.1, 0.15) is 5.49 Å². The Morgan fingerprint density at radius 3 is 2.17 bits per heavy atom. The van der Waals surface area contributed by atoms with E-state index in [2.05, 4.69) is 15.2 Å². The lowest BCUT2D eigenvalue weighted by Crippen LogP contribution is -2.38. The molecule has 12 nitrogen and oxygen atoms in total. The molecule has 2 N–H and O–H groups in total. The van der Waals surface area contributed by atoms with Crippen molar-refractivity contribution in [3.05, 3.63) is 101 Å². The van der Waals surface area contributed by atoms with E-state index in [0.29, 0.717) is 40.9 Å². The molecular weight excluding hydrogens is 634 g/mol. The smallest absolute Gasteiger partial charge is 0.412 e. The average Bonchev–Trinajstić information content (AvgIpc) is 3.76. The lowest BCUT2D eigenvalue weighted by atomic mass is 9.93. The van der Waals surface area contributed by atoms with E-state index in [0.717, 1.165) is 28.5 Å². The molecule has 0 unspecified atom stereocenters. The first kappa shape index (κ1) is 32.6. The summed E-state index contributed by atoms with van der Waals surface area (Å²) in [6, 6.07) is 24.3. The fourth-order valence-electron chi connectivity index (χ4n) is 5.09. The third-order valence-corrected chi connectivity index (χ3v) is 8.38. The van der Waals surface area contributed by atoms with Gasteiger partial charge in [-0.15, -0.1) is 0 Å². The minimum atomic E-state index is -3.66. The summed E-state index contributed by atoms with van der Waals surface area (Å²) in [6.45, 7) is 1.88. The highest BCUT2D eigenvalue weighted by Gasteiger charge is 2.52. The maximum Gasteiger partial charge on any atom is 0.412 e. The van der Waals surface area contributed by atoms with Crippen molar-refractivity contribution in [3.8, 4) is 22.5 Å². The van der Waals surface area contributed by atoms with Gasteiger partial charge < -0.3 is 14.0 Å². The van der Waals surface area contributed by atoms with Crippen molar-refractivity contribution in [1.29, 1.82) is 0 Å². The molecule has 5 rings (SSSR count). The number of ether oxygens (including phenoxy) is 2. The summed E-state index contributed by atoms with van der Waals surface area (Å²) in [6.07, 6.45) is 0.119. The lowest BCUT2D eigenvalue weighted by Gasteiger charge is -2.18. The van der Waals surface area contributed by atoms with Crippen molar-refractivity contribution in [2.45, 2.75) is 37.9 Å². The monoisotopic (exact) mass is 665 g/mol. The highest BCUT2D eigenvalue weighted by atomic mass is 32.2. The van der Waals surface area contributed by atoms with Crippen LogP contribution in [0.2, 0.25) is 0 Å². The zero-order valence-electron chi connectivity index (χ0n) is 24.9. The second-order valence-electron chi connectivity index (χ2n) is 10.9. The van der Waals surface area contributed by atoms with Gasteiger partial charge in [-0.05, 0) is 42.0 Å².